The van der Waals surface area contributed by atoms with E-state index in [9.17, 15) is 4.79 Å². The van der Waals surface area contributed by atoms with Gasteiger partial charge >= 0.3 is 0 Å². The number of carbonyl (C=O) groups excluding carboxylic acids is 1. The molecule has 0 aliphatic heterocycles. The summed E-state index contributed by atoms with van der Waals surface area (Å²) in [5.74, 6) is 0.600. The normalized spacial score (nSPS) is 11.3. The van der Waals surface area contributed by atoms with Gasteiger partial charge < -0.3 is 10.3 Å². The molecule has 0 saturated heterocycles. The number of hydrogen-bond acceptors (Lipinski definition) is 7. The second kappa shape index (κ2) is 9.81. The number of unbranched alkanes of at least 4 members (excludes halogenated alkanes) is 1. The molecule has 6 rings (SSSR count). The fourth-order valence-corrected chi connectivity index (χ4v) is 4.44. The zero-order valence-electron chi connectivity index (χ0n) is 21.0. The minimum atomic E-state index is -0.0154. The van der Waals surface area contributed by atoms with Crippen LogP contribution in [0.4, 0.5) is 5.69 Å². The van der Waals surface area contributed by atoms with Crippen LogP contribution in [0.2, 0.25) is 0 Å². The van der Waals surface area contributed by atoms with Gasteiger partial charge in [0.25, 0.3) is 0 Å². The predicted octanol–water partition coefficient (Wildman–Crippen LogP) is 5.16. The third-order valence-electron chi connectivity index (χ3n) is 6.32. The summed E-state index contributed by atoms with van der Waals surface area (Å²) in [6, 6.07) is 11.5. The summed E-state index contributed by atoms with van der Waals surface area (Å²) in [6.45, 7) is 2.06. The van der Waals surface area contributed by atoms with E-state index < -0.39 is 0 Å². The van der Waals surface area contributed by atoms with Gasteiger partial charge in [-0.15, -0.1) is 0 Å². The Morgan fingerprint density at radius 3 is 2.74 bits per heavy atom. The molecule has 0 bridgehead atoms. The Kier molecular flexibility index (Phi) is 6.04. The Morgan fingerprint density at radius 1 is 1.00 bits per heavy atom. The molecule has 6 heterocycles. The van der Waals surface area contributed by atoms with Gasteiger partial charge in [-0.25, -0.2) is 14.6 Å². The molecule has 1 amide bonds. The van der Waals surface area contributed by atoms with Crippen LogP contribution in [0.1, 0.15) is 26.2 Å². The molecule has 10 nitrogen and oxygen atoms in total. The Morgan fingerprint density at radius 2 is 1.89 bits per heavy atom. The third-order valence-corrected chi connectivity index (χ3v) is 6.32. The molecule has 0 radical (unpaired) electrons. The summed E-state index contributed by atoms with van der Waals surface area (Å²) in [6.07, 6.45) is 11.0. The van der Waals surface area contributed by atoms with Crippen LogP contribution < -0.4 is 5.32 Å². The summed E-state index contributed by atoms with van der Waals surface area (Å²) in [7, 11) is 1.86. The Hall–Kier alpha value is -4.99. The van der Waals surface area contributed by atoms with Crippen molar-refractivity contribution in [2.24, 2.45) is 7.05 Å². The number of nitrogens with zero attached hydrogens (tertiary/aromatic N) is 7. The first-order chi connectivity index (χ1) is 18.6. The van der Waals surface area contributed by atoms with E-state index in [0.717, 1.165) is 51.7 Å². The van der Waals surface area contributed by atoms with Gasteiger partial charge in [-0.05, 0) is 36.8 Å². The van der Waals surface area contributed by atoms with E-state index in [0.29, 0.717) is 29.3 Å². The molecule has 2 N–H and O–H groups in total. The van der Waals surface area contributed by atoms with Crippen LogP contribution in [0.5, 0.6) is 0 Å². The summed E-state index contributed by atoms with van der Waals surface area (Å²) in [4.78, 5) is 38.5. The first-order valence-electron chi connectivity index (χ1n) is 12.4. The van der Waals surface area contributed by atoms with Crippen molar-refractivity contribution in [3.05, 3.63) is 67.4 Å². The lowest BCUT2D eigenvalue weighted by atomic mass is 10.1. The van der Waals surface area contributed by atoms with Crippen LogP contribution in [-0.4, -0.2) is 45.6 Å². The van der Waals surface area contributed by atoms with Crippen LogP contribution >= 0.6 is 0 Å². The van der Waals surface area contributed by atoms with Gasteiger partial charge in [-0.3, -0.25) is 19.7 Å². The quantitative estimate of drug-likeness (QED) is 0.308. The monoisotopic (exact) mass is 503 g/mol. The number of aromatic amines is 1. The Bertz CT molecular complexity index is 1770. The van der Waals surface area contributed by atoms with Gasteiger partial charge in [0, 0.05) is 49.4 Å². The molecule has 10 heteroatoms. The average Bonchev–Trinajstić information content (AvgIpc) is 3.53. The standard InChI is InChI=1S/C28H25N9O/c1-3-4-8-23(38)33-19-12-17(14-29-16-19)18-13-20-24(36-37(2)28(20)32-15-18)27-34-22-9-11-31-25(26(22)35-27)21-7-5-6-10-30-21/h5-7,9-16H,3-4,8H2,1-2H3,(H,33,38)(H,34,35). The largest absolute Gasteiger partial charge is 0.336 e. The number of rotatable bonds is 7. The van der Waals surface area contributed by atoms with E-state index in [4.69, 9.17) is 10.1 Å². The van der Waals surface area contributed by atoms with E-state index in [1.165, 1.54) is 0 Å². The molecular weight excluding hydrogens is 478 g/mol. The molecule has 0 aromatic carbocycles. The van der Waals surface area contributed by atoms with Crippen LogP contribution in [0, 0.1) is 0 Å². The highest BCUT2D eigenvalue weighted by Crippen LogP contribution is 2.32. The molecule has 0 spiro atoms. The van der Waals surface area contributed by atoms with Crippen LogP contribution in [0.15, 0.2) is 67.4 Å². The van der Waals surface area contributed by atoms with E-state index >= 15 is 0 Å². The summed E-state index contributed by atoms with van der Waals surface area (Å²) < 4.78 is 1.74. The second-order valence-electron chi connectivity index (χ2n) is 9.04. The fourth-order valence-electron chi connectivity index (χ4n) is 4.44. The molecule has 0 aliphatic rings. The third kappa shape index (κ3) is 4.36. The van der Waals surface area contributed by atoms with Crippen molar-refractivity contribution in [3.63, 3.8) is 0 Å². The fraction of sp³-hybridized carbons (Fsp3) is 0.179. The maximum absolute atomic E-state index is 12.2. The van der Waals surface area contributed by atoms with Crippen molar-refractivity contribution < 1.29 is 4.79 Å². The molecule has 188 valence electrons. The smallest absolute Gasteiger partial charge is 0.224 e. The minimum Gasteiger partial charge on any atom is -0.336 e. The first-order valence-corrected chi connectivity index (χ1v) is 12.4. The van der Waals surface area contributed by atoms with Crippen LogP contribution in [0.3, 0.4) is 0 Å². The molecule has 0 aliphatic carbocycles. The maximum Gasteiger partial charge on any atom is 0.224 e. The zero-order chi connectivity index (χ0) is 26.1. The van der Waals surface area contributed by atoms with Gasteiger partial charge in [-0.2, -0.15) is 5.10 Å². The SMILES string of the molecule is CCCCC(=O)Nc1cncc(-c2cnc3c(c2)c(-c2nc4c(-c5ccccn5)nccc4[nH]2)nn3C)c1. The number of nitrogens with one attached hydrogen (secondary N) is 2. The number of fused-ring (bicyclic) bond motifs is 2. The van der Waals surface area contributed by atoms with Crippen LogP contribution in [0.25, 0.3) is 56.1 Å². The molecule has 0 atom stereocenters. The number of anilines is 1. The molecule has 0 fully saturated rings. The Balaban J connectivity index is 1.40. The minimum absolute atomic E-state index is 0.0154. The van der Waals surface area contributed by atoms with E-state index in [-0.39, 0.29) is 5.91 Å². The molecule has 38 heavy (non-hydrogen) atoms. The number of carbonyl (C=O) groups is 1. The number of imidazole rings is 1. The van der Waals surface area contributed by atoms with Gasteiger partial charge in [0.1, 0.15) is 16.9 Å². The summed E-state index contributed by atoms with van der Waals surface area (Å²) in [5, 5.41) is 8.51. The topological polar surface area (TPSA) is 127 Å². The zero-order valence-corrected chi connectivity index (χ0v) is 21.0. The molecule has 6 aromatic rings. The highest BCUT2D eigenvalue weighted by atomic mass is 16.1. The van der Waals surface area contributed by atoms with Gasteiger partial charge in [-0.1, -0.05) is 19.4 Å². The number of amides is 1. The van der Waals surface area contributed by atoms with Crippen molar-refractivity contribution in [1.82, 2.24) is 39.7 Å². The lowest BCUT2D eigenvalue weighted by molar-refractivity contribution is -0.116. The van der Waals surface area contributed by atoms with E-state index in [1.54, 1.807) is 35.7 Å². The number of H-pyrrole nitrogens is 1. The molecule has 6 aromatic heterocycles. The van der Waals surface area contributed by atoms with Crippen LogP contribution in [-0.2, 0) is 11.8 Å². The highest BCUT2D eigenvalue weighted by Gasteiger charge is 2.19. The first kappa shape index (κ1) is 23.4. The van der Waals surface area contributed by atoms with Crippen molar-refractivity contribution >= 4 is 33.7 Å². The highest BCUT2D eigenvalue weighted by molar-refractivity contribution is 5.96. The lowest BCUT2D eigenvalue weighted by Gasteiger charge is -2.07. The molecule has 0 unspecified atom stereocenters. The number of aromatic nitrogens is 8. The van der Waals surface area contributed by atoms with Crippen molar-refractivity contribution in [3.8, 4) is 34.0 Å². The van der Waals surface area contributed by atoms with E-state index in [1.807, 2.05) is 43.4 Å². The molecular formula is C28H25N9O. The Labute approximate surface area is 218 Å². The summed E-state index contributed by atoms with van der Waals surface area (Å²) >= 11 is 0. The maximum atomic E-state index is 12.2. The lowest BCUT2D eigenvalue weighted by Crippen LogP contribution is -2.11. The average molecular weight is 504 g/mol. The number of pyridine rings is 4. The predicted molar refractivity (Wildman–Crippen MR) is 146 cm³/mol. The van der Waals surface area contributed by atoms with Crippen molar-refractivity contribution in [2.45, 2.75) is 26.2 Å². The molecule has 0 saturated carbocycles. The number of hydrogen-bond donors (Lipinski definition) is 2. The van der Waals surface area contributed by atoms with Gasteiger partial charge in [0.05, 0.1) is 28.5 Å². The second-order valence-corrected chi connectivity index (χ2v) is 9.04. The van der Waals surface area contributed by atoms with E-state index in [2.05, 4.69) is 37.2 Å². The van der Waals surface area contributed by atoms with Crippen molar-refractivity contribution in [1.29, 1.82) is 0 Å². The van der Waals surface area contributed by atoms with Gasteiger partial charge in [0.15, 0.2) is 11.5 Å². The van der Waals surface area contributed by atoms with Gasteiger partial charge in [0.2, 0.25) is 5.91 Å². The summed E-state index contributed by atoms with van der Waals surface area (Å²) in [5.41, 5.74) is 6.77. The van der Waals surface area contributed by atoms with Crippen molar-refractivity contribution in [2.75, 3.05) is 5.32 Å². The number of aryl methyl sites for hydroxylation is 1.